The molecule has 0 atom stereocenters. The Balaban J connectivity index is 1.54. The molecule has 6 heteroatoms. The Bertz CT molecular complexity index is 761. The van der Waals surface area contributed by atoms with Crippen molar-refractivity contribution in [3.63, 3.8) is 0 Å². The molecule has 3 rings (SSSR count). The van der Waals surface area contributed by atoms with E-state index in [1.54, 1.807) is 18.2 Å². The van der Waals surface area contributed by atoms with E-state index in [0.717, 1.165) is 5.56 Å². The maximum atomic E-state index is 11.6. The van der Waals surface area contributed by atoms with E-state index in [4.69, 9.17) is 13.6 Å². The minimum absolute atomic E-state index is 0.0916. The molecule has 0 aliphatic heterocycles. The van der Waals surface area contributed by atoms with Crippen molar-refractivity contribution in [3.8, 4) is 11.7 Å². The van der Waals surface area contributed by atoms with Crippen molar-refractivity contribution in [3.05, 3.63) is 66.3 Å². The van der Waals surface area contributed by atoms with E-state index in [0.29, 0.717) is 5.76 Å². The van der Waals surface area contributed by atoms with Crippen molar-refractivity contribution in [2.45, 2.75) is 6.61 Å². The van der Waals surface area contributed by atoms with Gasteiger partial charge in [0.05, 0.1) is 6.26 Å². The third kappa shape index (κ3) is 3.49. The van der Waals surface area contributed by atoms with Crippen LogP contribution in [0.25, 0.3) is 17.7 Å². The molecule has 0 spiro atoms. The van der Waals surface area contributed by atoms with Crippen LogP contribution in [-0.2, 0) is 16.1 Å². The molecule has 110 valence electrons. The zero-order chi connectivity index (χ0) is 15.2. The second-order valence-corrected chi connectivity index (χ2v) is 4.33. The first kappa shape index (κ1) is 13.8. The summed E-state index contributed by atoms with van der Waals surface area (Å²) in [5.41, 5.74) is 0.914. The summed E-state index contributed by atoms with van der Waals surface area (Å²) >= 11 is 0. The number of carbonyl (C=O) groups is 1. The molecular weight excluding hydrogens is 284 g/mol. The highest BCUT2D eigenvalue weighted by molar-refractivity contribution is 5.86. The fourth-order valence-corrected chi connectivity index (χ4v) is 1.72. The van der Waals surface area contributed by atoms with Gasteiger partial charge in [-0.05, 0) is 23.8 Å². The van der Waals surface area contributed by atoms with Crippen LogP contribution in [0.2, 0.25) is 0 Å². The summed E-state index contributed by atoms with van der Waals surface area (Å²) in [6, 6.07) is 12.9. The van der Waals surface area contributed by atoms with Crippen molar-refractivity contribution in [2.75, 3.05) is 0 Å². The summed E-state index contributed by atoms with van der Waals surface area (Å²) in [6.07, 6.45) is 4.52. The zero-order valence-corrected chi connectivity index (χ0v) is 11.5. The van der Waals surface area contributed by atoms with Crippen LogP contribution >= 0.6 is 0 Å². The van der Waals surface area contributed by atoms with Gasteiger partial charge in [0.2, 0.25) is 0 Å². The predicted molar refractivity (Wildman–Crippen MR) is 77.3 cm³/mol. The summed E-state index contributed by atoms with van der Waals surface area (Å²) < 4.78 is 15.5. The van der Waals surface area contributed by atoms with E-state index in [1.807, 2.05) is 30.3 Å². The molecule has 0 amide bonds. The minimum atomic E-state index is -0.485. The average Bonchev–Trinajstić information content (AvgIpc) is 3.22. The van der Waals surface area contributed by atoms with Crippen LogP contribution in [0.15, 0.2) is 63.6 Å². The van der Waals surface area contributed by atoms with E-state index in [1.165, 1.54) is 12.3 Å². The van der Waals surface area contributed by atoms with Gasteiger partial charge in [-0.15, -0.1) is 10.2 Å². The highest BCUT2D eigenvalue weighted by atomic mass is 16.5. The first-order valence-electron chi connectivity index (χ1n) is 6.57. The van der Waals surface area contributed by atoms with Crippen molar-refractivity contribution >= 4 is 12.0 Å². The van der Waals surface area contributed by atoms with Crippen LogP contribution in [0.3, 0.4) is 0 Å². The molecule has 0 aliphatic carbocycles. The van der Waals surface area contributed by atoms with E-state index in [9.17, 15) is 4.79 Å². The number of aromatic nitrogens is 2. The number of nitrogens with zero attached hydrogens (tertiary/aromatic N) is 2. The van der Waals surface area contributed by atoms with Gasteiger partial charge >= 0.3 is 5.97 Å². The molecule has 0 saturated heterocycles. The van der Waals surface area contributed by atoms with Crippen molar-refractivity contribution in [1.29, 1.82) is 0 Å². The van der Waals surface area contributed by atoms with Crippen LogP contribution in [0.1, 0.15) is 11.5 Å². The number of furan rings is 1. The molecule has 0 fully saturated rings. The highest BCUT2D eigenvalue weighted by Gasteiger charge is 2.11. The number of benzene rings is 1. The molecule has 0 bridgehead atoms. The molecule has 22 heavy (non-hydrogen) atoms. The number of hydrogen-bond donors (Lipinski definition) is 0. The lowest BCUT2D eigenvalue weighted by molar-refractivity contribution is -0.139. The summed E-state index contributed by atoms with van der Waals surface area (Å²) in [5.74, 6) is 0.430. The number of rotatable bonds is 5. The monoisotopic (exact) mass is 296 g/mol. The van der Waals surface area contributed by atoms with E-state index < -0.39 is 5.97 Å². The molecular formula is C16H12N2O4. The highest BCUT2D eigenvalue weighted by Crippen LogP contribution is 2.18. The van der Waals surface area contributed by atoms with Gasteiger partial charge in [0, 0.05) is 6.08 Å². The molecule has 3 aromatic rings. The Morgan fingerprint density at radius 2 is 2.00 bits per heavy atom. The van der Waals surface area contributed by atoms with Crippen LogP contribution in [0.4, 0.5) is 0 Å². The molecule has 0 N–H and O–H groups in total. The summed E-state index contributed by atoms with van der Waals surface area (Å²) in [7, 11) is 0. The lowest BCUT2D eigenvalue weighted by atomic mass is 10.2. The zero-order valence-electron chi connectivity index (χ0n) is 11.5. The molecule has 0 radical (unpaired) electrons. The third-order valence-corrected chi connectivity index (χ3v) is 2.75. The van der Waals surface area contributed by atoms with E-state index >= 15 is 0 Å². The number of carbonyl (C=O) groups excluding carboxylic acids is 1. The molecule has 0 saturated carbocycles. The van der Waals surface area contributed by atoms with E-state index in [2.05, 4.69) is 10.2 Å². The van der Waals surface area contributed by atoms with Crippen LogP contribution in [-0.4, -0.2) is 16.2 Å². The van der Waals surface area contributed by atoms with Gasteiger partial charge in [-0.25, -0.2) is 4.79 Å². The molecule has 2 aromatic heterocycles. The Kier molecular flexibility index (Phi) is 4.10. The fraction of sp³-hybridized carbons (Fsp3) is 0.0625. The lowest BCUT2D eigenvalue weighted by Crippen LogP contribution is -2.00. The molecule has 0 unspecified atom stereocenters. The smallest absolute Gasteiger partial charge is 0.331 e. The van der Waals surface area contributed by atoms with Crippen molar-refractivity contribution < 1.29 is 18.4 Å². The van der Waals surface area contributed by atoms with Gasteiger partial charge in [-0.2, -0.15) is 0 Å². The lowest BCUT2D eigenvalue weighted by Gasteiger charge is -1.97. The second-order valence-electron chi connectivity index (χ2n) is 4.33. The molecule has 0 aliphatic rings. The minimum Gasteiger partial charge on any atom is -0.459 e. The van der Waals surface area contributed by atoms with Crippen LogP contribution in [0.5, 0.6) is 0 Å². The van der Waals surface area contributed by atoms with Gasteiger partial charge < -0.3 is 13.6 Å². The molecule has 6 nitrogen and oxygen atoms in total. The molecule has 2 heterocycles. The van der Waals surface area contributed by atoms with Crippen LogP contribution in [0, 0.1) is 0 Å². The van der Waals surface area contributed by atoms with Gasteiger partial charge in [-0.3, -0.25) is 0 Å². The van der Waals surface area contributed by atoms with Crippen molar-refractivity contribution in [1.82, 2.24) is 10.2 Å². The number of hydrogen-bond acceptors (Lipinski definition) is 6. The average molecular weight is 296 g/mol. The number of esters is 1. The predicted octanol–water partition coefficient (Wildman–Crippen LogP) is 3.09. The fourth-order valence-electron chi connectivity index (χ4n) is 1.72. The maximum Gasteiger partial charge on any atom is 0.331 e. The summed E-state index contributed by atoms with van der Waals surface area (Å²) in [4.78, 5) is 11.6. The standard InChI is InChI=1S/C16H12N2O4/c19-15(9-8-12-5-2-1-3-6-12)21-11-14-17-18-16(22-14)13-7-4-10-20-13/h1-10H,11H2/b9-8+. The largest absolute Gasteiger partial charge is 0.459 e. The maximum absolute atomic E-state index is 11.6. The van der Waals surface area contributed by atoms with Gasteiger partial charge in [0.1, 0.15) is 0 Å². The Morgan fingerprint density at radius 3 is 2.77 bits per heavy atom. The third-order valence-electron chi connectivity index (χ3n) is 2.75. The normalized spacial score (nSPS) is 10.9. The SMILES string of the molecule is O=C(/C=C/c1ccccc1)OCc1nnc(-c2ccco2)o1. The van der Waals surface area contributed by atoms with Gasteiger partial charge in [0.25, 0.3) is 11.8 Å². The Labute approximate surface area is 126 Å². The number of ether oxygens (including phenoxy) is 1. The summed E-state index contributed by atoms with van der Waals surface area (Å²) in [5, 5.41) is 7.59. The summed E-state index contributed by atoms with van der Waals surface area (Å²) in [6.45, 7) is -0.0916. The van der Waals surface area contributed by atoms with E-state index in [-0.39, 0.29) is 18.4 Å². The second kappa shape index (κ2) is 6.53. The Morgan fingerprint density at radius 1 is 1.14 bits per heavy atom. The topological polar surface area (TPSA) is 78.4 Å². The first-order valence-corrected chi connectivity index (χ1v) is 6.57. The Hall–Kier alpha value is -3.15. The molecule has 1 aromatic carbocycles. The van der Waals surface area contributed by atoms with Gasteiger partial charge in [-0.1, -0.05) is 30.3 Å². The quantitative estimate of drug-likeness (QED) is 0.532. The van der Waals surface area contributed by atoms with Crippen molar-refractivity contribution in [2.24, 2.45) is 0 Å². The van der Waals surface area contributed by atoms with Gasteiger partial charge in [0.15, 0.2) is 12.4 Å². The first-order chi connectivity index (χ1) is 10.8. The van der Waals surface area contributed by atoms with Crippen LogP contribution < -0.4 is 0 Å².